The molecule has 2 saturated carbocycles. The first-order chi connectivity index (χ1) is 14.0. The number of ether oxygens (including phenoxy) is 2. The molecule has 1 saturated heterocycles. The summed E-state index contributed by atoms with van der Waals surface area (Å²) in [6.45, 7) is 11.1. The minimum Gasteiger partial charge on any atom is -0.379 e. The quantitative estimate of drug-likeness (QED) is 0.414. The molecule has 0 unspecified atom stereocenters. The highest BCUT2D eigenvalue weighted by Crippen LogP contribution is 2.67. The van der Waals surface area contributed by atoms with Gasteiger partial charge in [0.1, 0.15) is 6.04 Å². The van der Waals surface area contributed by atoms with Gasteiger partial charge in [0, 0.05) is 13.0 Å². The fourth-order valence-corrected chi connectivity index (χ4v) is 5.60. The van der Waals surface area contributed by atoms with Crippen molar-refractivity contribution in [3.05, 3.63) is 11.6 Å². The summed E-state index contributed by atoms with van der Waals surface area (Å²) in [5.41, 5.74) is 6.82. The van der Waals surface area contributed by atoms with Gasteiger partial charge in [-0.25, -0.2) is 4.79 Å². The van der Waals surface area contributed by atoms with Gasteiger partial charge in [0.15, 0.2) is 0 Å². The maximum Gasteiger partial charge on any atom is 0.315 e. The van der Waals surface area contributed by atoms with E-state index in [1.807, 2.05) is 13.8 Å². The van der Waals surface area contributed by atoms with E-state index in [1.165, 1.54) is 5.57 Å². The van der Waals surface area contributed by atoms with Gasteiger partial charge in [0.05, 0.1) is 24.4 Å². The molecule has 1 heterocycles. The summed E-state index contributed by atoms with van der Waals surface area (Å²) in [5, 5.41) is 5.81. The van der Waals surface area contributed by atoms with Gasteiger partial charge in [-0.05, 0) is 56.8 Å². The number of primary amides is 1. The molecular formula is C23H39N3O4. The molecular weight excluding hydrogens is 382 g/mol. The third-order valence-electron chi connectivity index (χ3n) is 7.51. The number of urea groups is 1. The minimum absolute atomic E-state index is 0.0741. The first-order valence-electron chi connectivity index (χ1n) is 11.2. The number of methoxy groups -OCH3 is 1. The van der Waals surface area contributed by atoms with E-state index < -0.39 is 11.9 Å². The fraction of sp³-hybridized carbons (Fsp3) is 0.826. The maximum absolute atomic E-state index is 12.7. The Hall–Kier alpha value is -1.60. The molecule has 0 aromatic heterocycles. The van der Waals surface area contributed by atoms with Gasteiger partial charge >= 0.3 is 6.03 Å². The molecule has 1 aliphatic heterocycles. The van der Waals surface area contributed by atoms with Crippen LogP contribution in [0, 0.1) is 23.2 Å². The van der Waals surface area contributed by atoms with E-state index in [0.717, 1.165) is 32.3 Å². The fourth-order valence-electron chi connectivity index (χ4n) is 5.60. The van der Waals surface area contributed by atoms with Gasteiger partial charge in [-0.2, -0.15) is 0 Å². The van der Waals surface area contributed by atoms with E-state index in [0.29, 0.717) is 5.92 Å². The van der Waals surface area contributed by atoms with Crippen molar-refractivity contribution in [2.45, 2.75) is 84.1 Å². The Morgan fingerprint density at radius 2 is 2.00 bits per heavy atom. The molecule has 4 N–H and O–H groups in total. The summed E-state index contributed by atoms with van der Waals surface area (Å²) in [7, 11) is 1.73. The zero-order chi connectivity index (χ0) is 22.3. The molecule has 7 heteroatoms. The number of hydrogen-bond donors (Lipinski definition) is 3. The van der Waals surface area contributed by atoms with Crippen molar-refractivity contribution in [3.63, 3.8) is 0 Å². The number of carbonyl (C=O) groups is 2. The number of nitrogens with one attached hydrogen (secondary N) is 2. The molecule has 3 amide bonds. The lowest BCUT2D eigenvalue weighted by Crippen LogP contribution is -2.60. The Morgan fingerprint density at radius 1 is 1.33 bits per heavy atom. The number of rotatable bonds is 8. The third-order valence-corrected chi connectivity index (χ3v) is 7.51. The Morgan fingerprint density at radius 3 is 2.50 bits per heavy atom. The molecule has 1 spiro atoms. The largest absolute Gasteiger partial charge is 0.379 e. The molecule has 0 aromatic rings. The maximum atomic E-state index is 12.7. The standard InChI is InChI=1S/C23H39N3O4/c1-13(2)7-8-15-11-22(15,5)19-18(29-6)16(9-10-23(19)12-30-23)25-21(28)26-17(14(3)4)20(24)27/h7,14-19H,8-12H2,1-6H3,(H2,24,27)(H2,25,26,28)/t15-,16+,17+,18+,19+,22-,23-/m0/s1. The Kier molecular flexibility index (Phi) is 6.54. The van der Waals surface area contributed by atoms with Crippen molar-refractivity contribution in [1.82, 2.24) is 10.6 Å². The van der Waals surface area contributed by atoms with Crippen LogP contribution in [0.25, 0.3) is 0 Å². The number of hydrogen-bond acceptors (Lipinski definition) is 4. The number of allylic oxidation sites excluding steroid dienone is 2. The second kappa shape index (κ2) is 8.50. The van der Waals surface area contributed by atoms with Crippen LogP contribution in [0.15, 0.2) is 11.6 Å². The number of carbonyl (C=O) groups excluding carboxylic acids is 2. The topological polar surface area (TPSA) is 106 Å². The van der Waals surface area contributed by atoms with Crippen molar-refractivity contribution in [1.29, 1.82) is 0 Å². The summed E-state index contributed by atoms with van der Waals surface area (Å²) in [6.07, 6.45) is 6.13. The molecule has 0 aromatic carbocycles. The van der Waals surface area contributed by atoms with E-state index in [-0.39, 0.29) is 41.0 Å². The highest BCUT2D eigenvalue weighted by molar-refractivity contribution is 5.86. The van der Waals surface area contributed by atoms with Crippen LogP contribution >= 0.6 is 0 Å². The molecule has 7 nitrogen and oxygen atoms in total. The molecule has 3 aliphatic rings. The van der Waals surface area contributed by atoms with Gasteiger partial charge < -0.3 is 25.8 Å². The van der Waals surface area contributed by atoms with Crippen LogP contribution in [-0.4, -0.2) is 49.4 Å². The molecule has 0 bridgehead atoms. The first-order valence-corrected chi connectivity index (χ1v) is 11.2. The van der Waals surface area contributed by atoms with Crippen molar-refractivity contribution in [2.24, 2.45) is 28.9 Å². The van der Waals surface area contributed by atoms with Gasteiger partial charge in [-0.3, -0.25) is 4.79 Å². The van der Waals surface area contributed by atoms with Crippen LogP contribution in [0.5, 0.6) is 0 Å². The predicted octanol–water partition coefficient (Wildman–Crippen LogP) is 2.74. The van der Waals surface area contributed by atoms with E-state index in [9.17, 15) is 9.59 Å². The highest BCUT2D eigenvalue weighted by atomic mass is 16.6. The molecule has 2 aliphatic carbocycles. The highest BCUT2D eigenvalue weighted by Gasteiger charge is 2.70. The normalized spacial score (nSPS) is 38.1. The average molecular weight is 422 g/mol. The average Bonchev–Trinajstić information content (AvgIpc) is 3.56. The summed E-state index contributed by atoms with van der Waals surface area (Å²) in [5.74, 6) is 0.253. The summed E-state index contributed by atoms with van der Waals surface area (Å²) in [6, 6.07) is -1.19. The second-order valence-corrected chi connectivity index (χ2v) is 10.3. The van der Waals surface area contributed by atoms with Crippen molar-refractivity contribution < 1.29 is 19.1 Å². The lowest BCUT2D eigenvalue weighted by molar-refractivity contribution is -0.120. The van der Waals surface area contributed by atoms with Gasteiger partial charge in [-0.1, -0.05) is 32.4 Å². The SMILES string of the molecule is CO[C@@H]1[C@H](NC(=O)N[C@@H](C(N)=O)C(C)C)CC[C@]2(CO2)[C@H]1[C@@]1(C)C[C@@H]1CC=C(C)C. The van der Waals surface area contributed by atoms with Gasteiger partial charge in [0.25, 0.3) is 0 Å². The van der Waals surface area contributed by atoms with E-state index >= 15 is 0 Å². The van der Waals surface area contributed by atoms with E-state index in [2.05, 4.69) is 37.5 Å². The Labute approximate surface area is 180 Å². The lowest BCUT2D eigenvalue weighted by atomic mass is 9.66. The summed E-state index contributed by atoms with van der Waals surface area (Å²) >= 11 is 0. The molecule has 0 radical (unpaired) electrons. The van der Waals surface area contributed by atoms with E-state index in [4.69, 9.17) is 15.2 Å². The second-order valence-electron chi connectivity index (χ2n) is 10.3. The van der Waals surface area contributed by atoms with Gasteiger partial charge in [-0.15, -0.1) is 0 Å². The smallest absolute Gasteiger partial charge is 0.315 e. The predicted molar refractivity (Wildman–Crippen MR) is 116 cm³/mol. The molecule has 3 fully saturated rings. The van der Waals surface area contributed by atoms with Crippen LogP contribution in [0.4, 0.5) is 4.79 Å². The minimum atomic E-state index is -0.696. The zero-order valence-corrected chi connectivity index (χ0v) is 19.3. The molecule has 7 atom stereocenters. The first kappa shape index (κ1) is 23.1. The van der Waals surface area contributed by atoms with Gasteiger partial charge in [0.2, 0.25) is 5.91 Å². The lowest BCUT2D eigenvalue weighted by Gasteiger charge is -2.45. The zero-order valence-electron chi connectivity index (χ0n) is 19.3. The van der Waals surface area contributed by atoms with Crippen LogP contribution in [0.3, 0.4) is 0 Å². The van der Waals surface area contributed by atoms with Crippen LogP contribution < -0.4 is 16.4 Å². The summed E-state index contributed by atoms with van der Waals surface area (Å²) < 4.78 is 12.0. The molecule has 3 rings (SSSR count). The summed E-state index contributed by atoms with van der Waals surface area (Å²) in [4.78, 5) is 24.3. The number of amides is 3. The molecule has 170 valence electrons. The Bertz CT molecular complexity index is 699. The van der Waals surface area contributed by atoms with Crippen LogP contribution in [0.1, 0.15) is 60.3 Å². The van der Waals surface area contributed by atoms with Crippen molar-refractivity contribution in [2.75, 3.05) is 13.7 Å². The molecule has 30 heavy (non-hydrogen) atoms. The third kappa shape index (κ3) is 4.52. The van der Waals surface area contributed by atoms with E-state index in [1.54, 1.807) is 7.11 Å². The number of nitrogens with two attached hydrogens (primary N) is 1. The Balaban J connectivity index is 1.71. The number of epoxide rings is 1. The van der Waals surface area contributed by atoms with Crippen LogP contribution in [-0.2, 0) is 14.3 Å². The van der Waals surface area contributed by atoms with Crippen LogP contribution in [0.2, 0.25) is 0 Å². The van der Waals surface area contributed by atoms with Crippen molar-refractivity contribution in [3.8, 4) is 0 Å². The van der Waals surface area contributed by atoms with Crippen molar-refractivity contribution >= 4 is 11.9 Å². The monoisotopic (exact) mass is 421 g/mol.